The van der Waals surface area contributed by atoms with Crippen molar-refractivity contribution in [2.45, 2.75) is 6.42 Å². The fourth-order valence-corrected chi connectivity index (χ4v) is 2.58. The molecule has 0 aliphatic carbocycles. The second-order valence-electron chi connectivity index (χ2n) is 5.01. The number of hydrogen-bond donors (Lipinski definition) is 1. The van der Waals surface area contributed by atoms with Crippen LogP contribution in [-0.2, 0) is 11.2 Å². The minimum absolute atomic E-state index is 0.187. The average Bonchev–Trinajstić information content (AvgIpc) is 2.56. The Morgan fingerprint density at radius 1 is 1.22 bits per heavy atom. The molecule has 1 aliphatic heterocycles. The van der Waals surface area contributed by atoms with Gasteiger partial charge in [-0.15, -0.1) is 0 Å². The van der Waals surface area contributed by atoms with Gasteiger partial charge in [0.25, 0.3) is 0 Å². The Bertz CT molecular complexity index is 733. The molecular formula is C17H16ClNO4. The van der Waals surface area contributed by atoms with Gasteiger partial charge in [0.2, 0.25) is 5.91 Å². The fraction of sp³-hybridized carbons (Fsp3) is 0.235. The van der Waals surface area contributed by atoms with Crippen LogP contribution in [0.2, 0.25) is 5.02 Å². The summed E-state index contributed by atoms with van der Waals surface area (Å²) in [6.45, 7) is 0.964. The van der Waals surface area contributed by atoms with E-state index >= 15 is 0 Å². The normalized spacial score (nSPS) is 12.6. The van der Waals surface area contributed by atoms with Crippen LogP contribution in [0.25, 0.3) is 0 Å². The molecule has 0 atom stereocenters. The topological polar surface area (TPSA) is 56.8 Å². The SMILES string of the molecule is COc1ccccc1CC(=O)Nc1cc2c(cc1Cl)OCCO2. The van der Waals surface area contributed by atoms with E-state index in [1.54, 1.807) is 19.2 Å². The van der Waals surface area contributed by atoms with Crippen molar-refractivity contribution in [1.29, 1.82) is 0 Å². The number of benzene rings is 2. The van der Waals surface area contributed by atoms with Gasteiger partial charge in [-0.05, 0) is 6.07 Å². The molecule has 0 saturated carbocycles. The summed E-state index contributed by atoms with van der Waals surface area (Å²) in [7, 11) is 1.58. The molecule has 0 saturated heterocycles. The summed E-state index contributed by atoms with van der Waals surface area (Å²) in [5.74, 6) is 1.65. The van der Waals surface area contributed by atoms with E-state index in [1.807, 2.05) is 24.3 Å². The van der Waals surface area contributed by atoms with Crippen LogP contribution in [0.1, 0.15) is 5.56 Å². The summed E-state index contributed by atoms with van der Waals surface area (Å²) < 4.78 is 16.2. The molecule has 5 nitrogen and oxygen atoms in total. The molecule has 3 rings (SSSR count). The minimum Gasteiger partial charge on any atom is -0.496 e. The lowest BCUT2D eigenvalue weighted by Gasteiger charge is -2.20. The Kier molecular flexibility index (Phi) is 4.57. The van der Waals surface area contributed by atoms with E-state index in [1.165, 1.54) is 0 Å². The van der Waals surface area contributed by atoms with Gasteiger partial charge in [0, 0.05) is 17.7 Å². The van der Waals surface area contributed by atoms with Crippen LogP contribution in [-0.4, -0.2) is 26.2 Å². The largest absolute Gasteiger partial charge is 0.496 e. The van der Waals surface area contributed by atoms with Gasteiger partial charge < -0.3 is 19.5 Å². The molecule has 0 aromatic heterocycles. The Morgan fingerprint density at radius 3 is 2.65 bits per heavy atom. The zero-order chi connectivity index (χ0) is 16.2. The van der Waals surface area contributed by atoms with Gasteiger partial charge in [-0.25, -0.2) is 0 Å². The van der Waals surface area contributed by atoms with Gasteiger partial charge in [-0.1, -0.05) is 29.8 Å². The molecule has 0 radical (unpaired) electrons. The van der Waals surface area contributed by atoms with Crippen molar-refractivity contribution in [3.8, 4) is 17.2 Å². The first-order valence-electron chi connectivity index (χ1n) is 7.18. The van der Waals surface area contributed by atoms with Crippen molar-refractivity contribution in [3.63, 3.8) is 0 Å². The van der Waals surface area contributed by atoms with E-state index in [-0.39, 0.29) is 12.3 Å². The number of carbonyl (C=O) groups is 1. The van der Waals surface area contributed by atoms with E-state index in [0.717, 1.165) is 5.56 Å². The lowest BCUT2D eigenvalue weighted by molar-refractivity contribution is -0.115. The standard InChI is InChI=1S/C17H16ClNO4/c1-21-14-5-3-2-4-11(14)8-17(20)19-13-10-16-15(9-12(13)18)22-6-7-23-16/h2-5,9-10H,6-8H2,1H3,(H,19,20). The predicted molar refractivity (Wildman–Crippen MR) is 87.8 cm³/mol. The number of amides is 1. The smallest absolute Gasteiger partial charge is 0.228 e. The molecular weight excluding hydrogens is 318 g/mol. The van der Waals surface area contributed by atoms with Gasteiger partial charge in [0.05, 0.1) is 24.2 Å². The van der Waals surface area contributed by atoms with Crippen LogP contribution in [0, 0.1) is 0 Å². The van der Waals surface area contributed by atoms with E-state index < -0.39 is 0 Å². The maximum atomic E-state index is 12.3. The molecule has 2 aromatic rings. The molecule has 23 heavy (non-hydrogen) atoms. The first-order chi connectivity index (χ1) is 11.2. The highest BCUT2D eigenvalue weighted by atomic mass is 35.5. The summed E-state index contributed by atoms with van der Waals surface area (Å²) >= 11 is 6.19. The van der Waals surface area contributed by atoms with Crippen LogP contribution in [0.15, 0.2) is 36.4 Å². The van der Waals surface area contributed by atoms with E-state index in [2.05, 4.69) is 5.32 Å². The number of anilines is 1. The Morgan fingerprint density at radius 2 is 1.91 bits per heavy atom. The Hall–Kier alpha value is -2.40. The first-order valence-corrected chi connectivity index (χ1v) is 7.56. The monoisotopic (exact) mass is 333 g/mol. The summed E-state index contributed by atoms with van der Waals surface area (Å²) in [4.78, 5) is 12.3. The highest BCUT2D eigenvalue weighted by molar-refractivity contribution is 6.34. The second kappa shape index (κ2) is 6.79. The number of halogens is 1. The Labute approximate surface area is 139 Å². The highest BCUT2D eigenvalue weighted by Crippen LogP contribution is 2.38. The number of hydrogen-bond acceptors (Lipinski definition) is 4. The highest BCUT2D eigenvalue weighted by Gasteiger charge is 2.17. The number of nitrogens with one attached hydrogen (secondary N) is 1. The van der Waals surface area contributed by atoms with Gasteiger partial charge in [0.15, 0.2) is 11.5 Å². The lowest BCUT2D eigenvalue weighted by Crippen LogP contribution is -2.18. The molecule has 1 aliphatic rings. The fourth-order valence-electron chi connectivity index (χ4n) is 2.38. The first kappa shape index (κ1) is 15.5. The molecule has 0 spiro atoms. The molecule has 120 valence electrons. The van der Waals surface area contributed by atoms with E-state index in [4.69, 9.17) is 25.8 Å². The molecule has 6 heteroatoms. The van der Waals surface area contributed by atoms with Gasteiger partial charge in [-0.2, -0.15) is 0 Å². The maximum absolute atomic E-state index is 12.3. The van der Waals surface area contributed by atoms with E-state index in [9.17, 15) is 4.79 Å². The third-order valence-electron chi connectivity index (χ3n) is 3.45. The lowest BCUT2D eigenvalue weighted by atomic mass is 10.1. The predicted octanol–water partition coefficient (Wildman–Crippen LogP) is 3.30. The molecule has 1 heterocycles. The van der Waals surface area contributed by atoms with Gasteiger partial charge in [-0.3, -0.25) is 4.79 Å². The van der Waals surface area contributed by atoms with E-state index in [0.29, 0.717) is 41.2 Å². The zero-order valence-corrected chi connectivity index (χ0v) is 13.4. The number of carbonyl (C=O) groups excluding carboxylic acids is 1. The third-order valence-corrected chi connectivity index (χ3v) is 3.76. The molecule has 1 amide bonds. The summed E-state index contributed by atoms with van der Waals surface area (Å²) in [6, 6.07) is 10.7. The molecule has 0 unspecified atom stereocenters. The quantitative estimate of drug-likeness (QED) is 0.932. The zero-order valence-electron chi connectivity index (χ0n) is 12.6. The summed E-state index contributed by atoms with van der Waals surface area (Å²) in [5.41, 5.74) is 1.30. The van der Waals surface area contributed by atoms with Crippen molar-refractivity contribution >= 4 is 23.2 Å². The molecule has 2 aromatic carbocycles. The molecule has 1 N–H and O–H groups in total. The number of rotatable bonds is 4. The van der Waals surface area contributed by atoms with Crippen LogP contribution in [0.3, 0.4) is 0 Å². The minimum atomic E-state index is -0.187. The van der Waals surface area contributed by atoms with Crippen molar-refractivity contribution < 1.29 is 19.0 Å². The summed E-state index contributed by atoms with van der Waals surface area (Å²) in [5, 5.41) is 3.20. The molecule has 0 fully saturated rings. The van der Waals surface area contributed by atoms with Gasteiger partial charge in [0.1, 0.15) is 19.0 Å². The summed E-state index contributed by atoms with van der Waals surface area (Å²) in [6.07, 6.45) is 0.189. The maximum Gasteiger partial charge on any atom is 0.228 e. The van der Waals surface area contributed by atoms with Crippen molar-refractivity contribution in [2.24, 2.45) is 0 Å². The van der Waals surface area contributed by atoms with Crippen LogP contribution >= 0.6 is 11.6 Å². The number of ether oxygens (including phenoxy) is 3. The third kappa shape index (κ3) is 3.51. The van der Waals surface area contributed by atoms with Crippen LogP contribution in [0.5, 0.6) is 17.2 Å². The Balaban J connectivity index is 1.75. The van der Waals surface area contributed by atoms with Crippen molar-refractivity contribution in [3.05, 3.63) is 47.0 Å². The second-order valence-corrected chi connectivity index (χ2v) is 5.42. The van der Waals surface area contributed by atoms with Crippen molar-refractivity contribution in [2.75, 3.05) is 25.6 Å². The van der Waals surface area contributed by atoms with Crippen molar-refractivity contribution in [1.82, 2.24) is 0 Å². The number of methoxy groups -OCH3 is 1. The average molecular weight is 334 g/mol. The number of fused-ring (bicyclic) bond motifs is 1. The van der Waals surface area contributed by atoms with Crippen LogP contribution in [0.4, 0.5) is 5.69 Å². The number of para-hydroxylation sites is 1. The molecule has 0 bridgehead atoms. The van der Waals surface area contributed by atoms with Gasteiger partial charge >= 0.3 is 0 Å². The van der Waals surface area contributed by atoms with Crippen LogP contribution < -0.4 is 19.5 Å².